The fourth-order valence-corrected chi connectivity index (χ4v) is 2.17. The van der Waals surface area contributed by atoms with Gasteiger partial charge in [0.05, 0.1) is 6.54 Å². The van der Waals surface area contributed by atoms with Crippen LogP contribution in [-0.2, 0) is 4.79 Å². The number of Topliss-reactive ketones (excluding diaryl/α,β-unsaturated/α-hetero) is 1. The summed E-state index contributed by atoms with van der Waals surface area (Å²) < 4.78 is 0. The van der Waals surface area contributed by atoms with Gasteiger partial charge >= 0.3 is 0 Å². The minimum absolute atomic E-state index is 0.392. The summed E-state index contributed by atoms with van der Waals surface area (Å²) in [6, 6.07) is 0. The lowest BCUT2D eigenvalue weighted by Gasteiger charge is -2.25. The molecule has 2 aliphatic rings. The van der Waals surface area contributed by atoms with Crippen molar-refractivity contribution < 1.29 is 4.79 Å². The van der Waals surface area contributed by atoms with Gasteiger partial charge in [-0.3, -0.25) is 9.69 Å². The number of fused-ring (bicyclic) bond motifs is 2. The Balaban J connectivity index is 2.13. The lowest BCUT2D eigenvalue weighted by atomic mass is 9.92. The van der Waals surface area contributed by atoms with E-state index in [4.69, 9.17) is 0 Å². The van der Waals surface area contributed by atoms with Gasteiger partial charge in [0.25, 0.3) is 0 Å². The first-order valence-electron chi connectivity index (χ1n) is 4.01. The smallest absolute Gasteiger partial charge is 0.151 e. The second-order valence-electron chi connectivity index (χ2n) is 3.70. The van der Waals surface area contributed by atoms with Crippen LogP contribution in [0.1, 0.15) is 13.3 Å². The highest BCUT2D eigenvalue weighted by Crippen LogP contribution is 2.27. The molecule has 0 aliphatic carbocycles. The van der Waals surface area contributed by atoms with E-state index < -0.39 is 0 Å². The van der Waals surface area contributed by atoms with Crippen LogP contribution in [0.5, 0.6) is 0 Å². The highest BCUT2D eigenvalue weighted by atomic mass is 16.1. The Morgan fingerprint density at radius 2 is 2.30 bits per heavy atom. The van der Waals surface area contributed by atoms with Crippen molar-refractivity contribution >= 4 is 5.78 Å². The largest absolute Gasteiger partial charge is 0.298 e. The van der Waals surface area contributed by atoms with Gasteiger partial charge < -0.3 is 0 Å². The van der Waals surface area contributed by atoms with Crippen LogP contribution in [0.2, 0.25) is 0 Å². The molecule has 10 heavy (non-hydrogen) atoms. The van der Waals surface area contributed by atoms with Gasteiger partial charge in [0.15, 0.2) is 5.78 Å². The van der Waals surface area contributed by atoms with Crippen molar-refractivity contribution in [2.75, 3.05) is 19.6 Å². The zero-order valence-electron chi connectivity index (χ0n) is 6.34. The second kappa shape index (κ2) is 2.06. The number of hydrogen-bond donors (Lipinski definition) is 0. The van der Waals surface area contributed by atoms with Crippen molar-refractivity contribution in [1.82, 2.24) is 4.90 Å². The zero-order chi connectivity index (χ0) is 7.14. The van der Waals surface area contributed by atoms with E-state index in [0.717, 1.165) is 32.0 Å². The molecule has 2 nitrogen and oxygen atoms in total. The Morgan fingerprint density at radius 1 is 1.50 bits per heavy atom. The lowest BCUT2D eigenvalue weighted by Crippen LogP contribution is -2.31. The molecule has 2 rings (SSSR count). The second-order valence-corrected chi connectivity index (χ2v) is 3.70. The number of rotatable bonds is 0. The van der Waals surface area contributed by atoms with Gasteiger partial charge in [-0.2, -0.15) is 0 Å². The van der Waals surface area contributed by atoms with Gasteiger partial charge in [-0.1, -0.05) is 6.92 Å². The summed E-state index contributed by atoms with van der Waals surface area (Å²) in [7, 11) is 0. The molecule has 0 radical (unpaired) electrons. The van der Waals surface area contributed by atoms with Crippen molar-refractivity contribution in [2.24, 2.45) is 11.8 Å². The molecule has 3 atom stereocenters. The molecule has 0 amide bonds. The maximum Gasteiger partial charge on any atom is 0.151 e. The van der Waals surface area contributed by atoms with Gasteiger partial charge in [0, 0.05) is 19.0 Å². The third-order valence-corrected chi connectivity index (χ3v) is 2.57. The van der Waals surface area contributed by atoms with Crippen LogP contribution in [0.3, 0.4) is 0 Å². The Labute approximate surface area is 61.2 Å². The Kier molecular flexibility index (Phi) is 1.31. The van der Waals surface area contributed by atoms with Crippen LogP contribution in [0.4, 0.5) is 0 Å². The average molecular weight is 139 g/mol. The number of carbonyl (C=O) groups excluding carboxylic acids is 1. The molecule has 0 N–H and O–H groups in total. The summed E-state index contributed by atoms with van der Waals surface area (Å²) in [5, 5.41) is 0. The summed E-state index contributed by atoms with van der Waals surface area (Å²) in [4.78, 5) is 13.4. The predicted molar refractivity (Wildman–Crippen MR) is 38.7 cm³/mol. The highest BCUT2D eigenvalue weighted by Gasteiger charge is 2.36. The van der Waals surface area contributed by atoms with Crippen LogP contribution in [0.15, 0.2) is 0 Å². The van der Waals surface area contributed by atoms with Crippen molar-refractivity contribution in [1.29, 1.82) is 0 Å². The number of carbonyl (C=O) groups is 1. The number of ketones is 1. The zero-order valence-corrected chi connectivity index (χ0v) is 6.34. The molecule has 2 fully saturated rings. The van der Waals surface area contributed by atoms with E-state index in [1.54, 1.807) is 0 Å². The number of hydrogen-bond acceptors (Lipinski definition) is 2. The molecule has 0 saturated carbocycles. The van der Waals surface area contributed by atoms with Gasteiger partial charge in [0.2, 0.25) is 0 Å². The van der Waals surface area contributed by atoms with Crippen LogP contribution < -0.4 is 0 Å². The molecule has 2 bridgehead atoms. The first kappa shape index (κ1) is 6.35. The molecule has 2 aliphatic heterocycles. The van der Waals surface area contributed by atoms with E-state index in [1.165, 1.54) is 0 Å². The Morgan fingerprint density at radius 3 is 3.00 bits per heavy atom. The van der Waals surface area contributed by atoms with E-state index in [-0.39, 0.29) is 0 Å². The highest BCUT2D eigenvalue weighted by molar-refractivity contribution is 5.85. The van der Waals surface area contributed by atoms with E-state index in [2.05, 4.69) is 11.8 Å². The standard InChI is InChI=1S/C8H13NO/c1-6-2-7-4-9(3-6)5-8(7)10/h6-7H,2-5H2,1H3. The van der Waals surface area contributed by atoms with Crippen molar-refractivity contribution in [3.05, 3.63) is 0 Å². The normalized spacial score (nSPS) is 46.1. The molecular formula is C8H13NO. The lowest BCUT2D eigenvalue weighted by molar-refractivity contribution is -0.119. The predicted octanol–water partition coefficient (Wildman–Crippen LogP) is 0.527. The van der Waals surface area contributed by atoms with Gasteiger partial charge in [-0.05, 0) is 12.3 Å². The van der Waals surface area contributed by atoms with E-state index in [0.29, 0.717) is 11.7 Å². The summed E-state index contributed by atoms with van der Waals surface area (Å²) >= 11 is 0. The molecule has 0 spiro atoms. The minimum Gasteiger partial charge on any atom is -0.298 e. The van der Waals surface area contributed by atoms with Crippen molar-refractivity contribution in [2.45, 2.75) is 13.3 Å². The first-order chi connectivity index (χ1) is 4.75. The summed E-state index contributed by atoms with van der Waals surface area (Å²) in [5.41, 5.74) is 0. The SMILES string of the molecule is CC1CC2CN(CC2=O)C1. The summed E-state index contributed by atoms with van der Waals surface area (Å²) in [5.74, 6) is 1.61. The molecule has 56 valence electrons. The first-order valence-corrected chi connectivity index (χ1v) is 4.01. The number of piperidine rings is 1. The van der Waals surface area contributed by atoms with Crippen LogP contribution >= 0.6 is 0 Å². The maximum absolute atomic E-state index is 11.2. The maximum atomic E-state index is 11.2. The molecule has 3 unspecified atom stereocenters. The monoisotopic (exact) mass is 139 g/mol. The van der Waals surface area contributed by atoms with Crippen molar-refractivity contribution in [3.8, 4) is 0 Å². The third kappa shape index (κ3) is 0.870. The third-order valence-electron chi connectivity index (χ3n) is 2.57. The molecule has 2 heterocycles. The number of nitrogens with zero attached hydrogens (tertiary/aromatic N) is 1. The van der Waals surface area contributed by atoms with Gasteiger partial charge in [0.1, 0.15) is 0 Å². The quantitative estimate of drug-likeness (QED) is 0.488. The molecule has 2 saturated heterocycles. The summed E-state index contributed by atoms with van der Waals surface area (Å²) in [6.07, 6.45) is 1.13. The molecule has 2 heteroatoms. The van der Waals surface area contributed by atoms with Crippen LogP contribution in [0, 0.1) is 11.8 Å². The van der Waals surface area contributed by atoms with E-state index in [9.17, 15) is 4.79 Å². The average Bonchev–Trinajstić information content (AvgIpc) is 2.07. The molecular weight excluding hydrogens is 126 g/mol. The van der Waals surface area contributed by atoms with Crippen molar-refractivity contribution in [3.63, 3.8) is 0 Å². The van der Waals surface area contributed by atoms with E-state index >= 15 is 0 Å². The fourth-order valence-electron chi connectivity index (χ4n) is 2.17. The Bertz CT molecular complexity index is 167. The Hall–Kier alpha value is -0.370. The molecule has 0 aromatic rings. The van der Waals surface area contributed by atoms with E-state index in [1.807, 2.05) is 0 Å². The molecule has 0 aromatic heterocycles. The van der Waals surface area contributed by atoms with Gasteiger partial charge in [-0.15, -0.1) is 0 Å². The summed E-state index contributed by atoms with van der Waals surface area (Å²) in [6.45, 7) is 5.15. The topological polar surface area (TPSA) is 20.3 Å². The van der Waals surface area contributed by atoms with Crippen LogP contribution in [-0.4, -0.2) is 30.3 Å². The fraction of sp³-hybridized carbons (Fsp3) is 0.875. The molecule has 0 aromatic carbocycles. The minimum atomic E-state index is 0.392. The van der Waals surface area contributed by atoms with Gasteiger partial charge in [-0.25, -0.2) is 0 Å². The van der Waals surface area contributed by atoms with Crippen LogP contribution in [0.25, 0.3) is 0 Å².